The van der Waals surface area contributed by atoms with Crippen molar-refractivity contribution in [3.63, 3.8) is 0 Å². The van der Waals surface area contributed by atoms with Crippen molar-refractivity contribution in [2.24, 2.45) is 0 Å². The summed E-state index contributed by atoms with van der Waals surface area (Å²) in [7, 11) is -1.79. The van der Waals surface area contributed by atoms with Crippen molar-refractivity contribution >= 4 is 10.2 Å². The Kier molecular flexibility index (Phi) is 4.84. The highest BCUT2D eigenvalue weighted by Crippen LogP contribution is 2.20. The molecule has 1 aliphatic carbocycles. The molecule has 2 N–H and O–H groups in total. The Balaban J connectivity index is 1.73. The average molecular weight is 291 g/mol. The van der Waals surface area contributed by atoms with Gasteiger partial charge in [-0.3, -0.25) is 0 Å². The Morgan fingerprint density at radius 1 is 1.42 bits per heavy atom. The molecule has 1 saturated heterocycles. The van der Waals surface area contributed by atoms with Gasteiger partial charge in [-0.15, -0.1) is 0 Å². The van der Waals surface area contributed by atoms with Gasteiger partial charge in [-0.2, -0.15) is 17.4 Å². The number of rotatable bonds is 8. The summed E-state index contributed by atoms with van der Waals surface area (Å²) >= 11 is 0. The molecule has 7 heteroatoms. The summed E-state index contributed by atoms with van der Waals surface area (Å²) in [4.78, 5) is 0. The molecule has 0 bridgehead atoms. The molecule has 19 heavy (non-hydrogen) atoms. The Labute approximate surface area is 116 Å². The van der Waals surface area contributed by atoms with E-state index in [1.54, 1.807) is 7.05 Å². The van der Waals surface area contributed by atoms with E-state index in [4.69, 9.17) is 4.74 Å². The molecular weight excluding hydrogens is 266 g/mol. The lowest BCUT2D eigenvalue weighted by Crippen LogP contribution is -2.51. The van der Waals surface area contributed by atoms with Gasteiger partial charge in [0.15, 0.2) is 0 Å². The van der Waals surface area contributed by atoms with Crippen LogP contribution >= 0.6 is 0 Å². The molecular formula is C12H25N3O3S. The summed E-state index contributed by atoms with van der Waals surface area (Å²) in [5, 5.41) is 3.38. The predicted octanol–water partition coefficient (Wildman–Crippen LogP) is 0.0737. The normalized spacial score (nSPS) is 28.2. The minimum atomic E-state index is -3.41. The van der Waals surface area contributed by atoms with Gasteiger partial charge >= 0.3 is 0 Å². The lowest BCUT2D eigenvalue weighted by molar-refractivity contribution is 0.177. The minimum absolute atomic E-state index is 0.448. The van der Waals surface area contributed by atoms with Crippen LogP contribution in [0.2, 0.25) is 0 Å². The molecule has 1 heterocycles. The van der Waals surface area contributed by atoms with Crippen molar-refractivity contribution in [2.45, 2.75) is 44.2 Å². The summed E-state index contributed by atoms with van der Waals surface area (Å²) in [6, 6.07) is 0.676. The Bertz CT molecular complexity index is 389. The van der Waals surface area contributed by atoms with Crippen LogP contribution in [-0.2, 0) is 14.9 Å². The molecule has 2 fully saturated rings. The zero-order chi connectivity index (χ0) is 13.9. The molecule has 112 valence electrons. The van der Waals surface area contributed by atoms with E-state index in [1.807, 2.05) is 6.92 Å². The topological polar surface area (TPSA) is 70.7 Å². The van der Waals surface area contributed by atoms with E-state index in [-0.39, 0.29) is 0 Å². The molecule has 0 aromatic heterocycles. The molecule has 1 unspecified atom stereocenters. The van der Waals surface area contributed by atoms with Crippen LogP contribution in [0, 0.1) is 0 Å². The Morgan fingerprint density at radius 3 is 2.74 bits per heavy atom. The monoisotopic (exact) mass is 291 g/mol. The highest BCUT2D eigenvalue weighted by atomic mass is 32.2. The van der Waals surface area contributed by atoms with Crippen LogP contribution in [0.3, 0.4) is 0 Å². The lowest BCUT2D eigenvalue weighted by atomic mass is 10.0. The second-order valence-electron chi connectivity index (χ2n) is 5.87. The van der Waals surface area contributed by atoms with Crippen LogP contribution in [-0.4, -0.2) is 57.7 Å². The molecule has 2 aliphatic rings. The number of nitrogens with zero attached hydrogens (tertiary/aromatic N) is 1. The van der Waals surface area contributed by atoms with Crippen molar-refractivity contribution in [2.75, 3.05) is 33.4 Å². The van der Waals surface area contributed by atoms with Gasteiger partial charge in [0, 0.05) is 26.2 Å². The van der Waals surface area contributed by atoms with Gasteiger partial charge in [-0.25, -0.2) is 0 Å². The van der Waals surface area contributed by atoms with E-state index in [0.717, 1.165) is 19.4 Å². The molecule has 0 aromatic carbocycles. The Morgan fingerprint density at radius 2 is 2.16 bits per heavy atom. The van der Waals surface area contributed by atoms with Crippen LogP contribution in [0.1, 0.15) is 32.6 Å². The van der Waals surface area contributed by atoms with E-state index >= 15 is 0 Å². The summed E-state index contributed by atoms with van der Waals surface area (Å²) in [6.45, 7) is 4.37. The van der Waals surface area contributed by atoms with Gasteiger partial charge in [0.05, 0.1) is 12.1 Å². The summed E-state index contributed by atoms with van der Waals surface area (Å²) in [6.07, 6.45) is 4.08. The molecule has 0 aromatic rings. The van der Waals surface area contributed by atoms with Crippen LogP contribution < -0.4 is 10.0 Å². The SMILES string of the molecule is CN(CCCNC1CC1)S(=O)(=O)NC1(C)CCOC1. The third kappa shape index (κ3) is 4.68. The molecule has 1 atom stereocenters. The first-order chi connectivity index (χ1) is 8.91. The average Bonchev–Trinajstić information content (AvgIpc) is 3.06. The smallest absolute Gasteiger partial charge is 0.279 e. The first-order valence-electron chi connectivity index (χ1n) is 6.98. The fraction of sp³-hybridized carbons (Fsp3) is 1.00. The second-order valence-corrected chi connectivity index (χ2v) is 7.65. The van der Waals surface area contributed by atoms with Crippen LogP contribution in [0.5, 0.6) is 0 Å². The number of hydrogen-bond donors (Lipinski definition) is 2. The van der Waals surface area contributed by atoms with E-state index in [9.17, 15) is 8.42 Å². The highest BCUT2D eigenvalue weighted by molar-refractivity contribution is 7.87. The van der Waals surface area contributed by atoms with Crippen molar-refractivity contribution in [3.05, 3.63) is 0 Å². The number of ether oxygens (including phenoxy) is 1. The van der Waals surface area contributed by atoms with E-state index in [0.29, 0.717) is 25.8 Å². The van der Waals surface area contributed by atoms with Gasteiger partial charge in [-0.05, 0) is 39.2 Å². The molecule has 0 radical (unpaired) electrons. The van der Waals surface area contributed by atoms with Gasteiger partial charge in [0.25, 0.3) is 10.2 Å². The van der Waals surface area contributed by atoms with Gasteiger partial charge in [0.2, 0.25) is 0 Å². The van der Waals surface area contributed by atoms with Crippen LogP contribution in [0.25, 0.3) is 0 Å². The molecule has 0 spiro atoms. The van der Waals surface area contributed by atoms with E-state index in [1.165, 1.54) is 17.1 Å². The molecule has 6 nitrogen and oxygen atoms in total. The minimum Gasteiger partial charge on any atom is -0.379 e. The zero-order valence-electron chi connectivity index (χ0n) is 11.8. The second kappa shape index (κ2) is 6.05. The third-order valence-corrected chi connectivity index (χ3v) is 5.42. The highest BCUT2D eigenvalue weighted by Gasteiger charge is 2.35. The van der Waals surface area contributed by atoms with E-state index < -0.39 is 15.7 Å². The van der Waals surface area contributed by atoms with Crippen molar-refractivity contribution in [1.82, 2.24) is 14.3 Å². The summed E-state index contributed by atoms with van der Waals surface area (Å²) in [5.74, 6) is 0. The maximum absolute atomic E-state index is 12.2. The quantitative estimate of drug-likeness (QED) is 0.621. The van der Waals surface area contributed by atoms with Crippen molar-refractivity contribution < 1.29 is 13.2 Å². The summed E-state index contributed by atoms with van der Waals surface area (Å²) < 4.78 is 33.7. The van der Waals surface area contributed by atoms with Gasteiger partial charge in [-0.1, -0.05) is 0 Å². The third-order valence-electron chi connectivity index (χ3n) is 3.66. The van der Waals surface area contributed by atoms with Gasteiger partial charge < -0.3 is 10.1 Å². The first-order valence-corrected chi connectivity index (χ1v) is 8.42. The zero-order valence-corrected chi connectivity index (χ0v) is 12.6. The number of nitrogens with one attached hydrogen (secondary N) is 2. The number of hydrogen-bond acceptors (Lipinski definition) is 4. The molecule has 0 amide bonds. The standard InChI is InChI=1S/C12H25N3O3S/c1-12(6-9-18-10-12)14-19(16,17)15(2)8-3-7-13-11-4-5-11/h11,13-14H,3-10H2,1-2H3. The fourth-order valence-electron chi connectivity index (χ4n) is 2.15. The fourth-order valence-corrected chi connectivity index (χ4v) is 3.46. The molecule has 2 rings (SSSR count). The predicted molar refractivity (Wildman–Crippen MR) is 74.2 cm³/mol. The van der Waals surface area contributed by atoms with Crippen molar-refractivity contribution in [1.29, 1.82) is 0 Å². The molecule has 1 saturated carbocycles. The Hall–Kier alpha value is -0.210. The summed E-state index contributed by atoms with van der Waals surface area (Å²) in [5.41, 5.74) is -0.459. The first kappa shape index (κ1) is 15.2. The van der Waals surface area contributed by atoms with Crippen molar-refractivity contribution in [3.8, 4) is 0 Å². The van der Waals surface area contributed by atoms with Gasteiger partial charge in [0.1, 0.15) is 0 Å². The maximum atomic E-state index is 12.2. The lowest BCUT2D eigenvalue weighted by Gasteiger charge is -2.27. The molecule has 1 aliphatic heterocycles. The maximum Gasteiger partial charge on any atom is 0.279 e. The van der Waals surface area contributed by atoms with Crippen LogP contribution in [0.4, 0.5) is 0 Å². The largest absolute Gasteiger partial charge is 0.379 e. The van der Waals surface area contributed by atoms with Crippen LogP contribution in [0.15, 0.2) is 0 Å². The van der Waals surface area contributed by atoms with E-state index in [2.05, 4.69) is 10.0 Å².